The van der Waals surface area contributed by atoms with Crippen LogP contribution < -0.4 is 10.6 Å². The van der Waals surface area contributed by atoms with E-state index in [-0.39, 0.29) is 0 Å². The number of aromatic nitrogens is 3. The summed E-state index contributed by atoms with van der Waals surface area (Å²) in [6.07, 6.45) is 0. The largest absolute Gasteiger partial charge is 0.368 e. The van der Waals surface area contributed by atoms with Gasteiger partial charge in [-0.15, -0.1) is 21.5 Å². The molecule has 0 bridgehead atoms. The minimum Gasteiger partial charge on any atom is -0.368 e. The third-order valence-corrected chi connectivity index (χ3v) is 2.97. The van der Waals surface area contributed by atoms with Crippen LogP contribution in [-0.2, 0) is 7.05 Å². The molecule has 5 nitrogen and oxygen atoms in total. The molecule has 2 heterocycles. The highest BCUT2D eigenvalue weighted by Crippen LogP contribution is 2.26. The number of nitrogens with two attached hydrogens (primary N) is 1. The molecular weight excluding hydrogens is 198 g/mol. The number of hydrogen-bond donors (Lipinski definition) is 1. The van der Waals surface area contributed by atoms with Crippen molar-refractivity contribution in [1.82, 2.24) is 14.8 Å². The maximum atomic E-state index is 5.60. The molecule has 0 aliphatic heterocycles. The summed E-state index contributed by atoms with van der Waals surface area (Å²) in [7, 11) is 3.78. The summed E-state index contributed by atoms with van der Waals surface area (Å²) in [5.41, 5.74) is 5.60. The van der Waals surface area contributed by atoms with Gasteiger partial charge in [0.25, 0.3) is 0 Å². The monoisotopic (exact) mass is 209 g/mol. The van der Waals surface area contributed by atoms with Gasteiger partial charge in [-0.2, -0.15) is 0 Å². The summed E-state index contributed by atoms with van der Waals surface area (Å²) in [5.74, 6) is 1.16. The molecule has 0 amide bonds. The van der Waals surface area contributed by atoms with Crippen molar-refractivity contribution < 1.29 is 0 Å². The van der Waals surface area contributed by atoms with Crippen molar-refractivity contribution in [3.05, 3.63) is 17.5 Å². The first-order chi connectivity index (χ1) is 6.70. The van der Waals surface area contributed by atoms with Crippen molar-refractivity contribution >= 4 is 28.2 Å². The number of anilines is 3. The lowest BCUT2D eigenvalue weighted by atomic mass is 10.6. The lowest BCUT2D eigenvalue weighted by Gasteiger charge is -2.14. The molecule has 2 N–H and O–H groups in total. The molecule has 2 aromatic rings. The first kappa shape index (κ1) is 9.01. The minimum atomic E-state index is 0.420. The fourth-order valence-electron chi connectivity index (χ4n) is 1.18. The number of hydrogen-bond acceptors (Lipinski definition) is 5. The molecule has 0 aliphatic rings. The van der Waals surface area contributed by atoms with E-state index in [4.69, 9.17) is 5.73 Å². The smallest absolute Gasteiger partial charge is 0.233 e. The third-order valence-electron chi connectivity index (χ3n) is 2.02. The Morgan fingerprint density at radius 3 is 2.79 bits per heavy atom. The van der Waals surface area contributed by atoms with Crippen LogP contribution in [0.4, 0.5) is 16.9 Å². The van der Waals surface area contributed by atoms with Gasteiger partial charge in [-0.05, 0) is 17.5 Å². The molecule has 0 aliphatic carbocycles. The topological polar surface area (TPSA) is 60.0 Å². The lowest BCUT2D eigenvalue weighted by molar-refractivity contribution is 0.896. The second-order valence-corrected chi connectivity index (χ2v) is 3.85. The maximum Gasteiger partial charge on any atom is 0.233 e. The van der Waals surface area contributed by atoms with Crippen LogP contribution in [0.5, 0.6) is 0 Å². The van der Waals surface area contributed by atoms with E-state index in [1.54, 1.807) is 15.9 Å². The zero-order valence-electron chi connectivity index (χ0n) is 8.01. The Kier molecular flexibility index (Phi) is 2.12. The number of nitrogen functional groups attached to an aromatic ring is 1. The summed E-state index contributed by atoms with van der Waals surface area (Å²) >= 11 is 1.65. The van der Waals surface area contributed by atoms with Crippen LogP contribution in [0, 0.1) is 0 Å². The highest BCUT2D eigenvalue weighted by Gasteiger charge is 2.12. The van der Waals surface area contributed by atoms with Crippen molar-refractivity contribution in [2.45, 2.75) is 0 Å². The van der Waals surface area contributed by atoms with Crippen molar-refractivity contribution in [2.75, 3.05) is 17.7 Å². The van der Waals surface area contributed by atoms with E-state index in [2.05, 4.69) is 10.2 Å². The fourth-order valence-corrected chi connectivity index (χ4v) is 1.88. The molecule has 0 saturated carbocycles. The average Bonchev–Trinajstić information content (AvgIpc) is 2.77. The van der Waals surface area contributed by atoms with Crippen LogP contribution in [0.3, 0.4) is 0 Å². The Labute approximate surface area is 85.8 Å². The van der Waals surface area contributed by atoms with Crippen LogP contribution in [-0.4, -0.2) is 21.8 Å². The van der Waals surface area contributed by atoms with Gasteiger partial charge < -0.3 is 10.6 Å². The van der Waals surface area contributed by atoms with Gasteiger partial charge in [-0.3, -0.25) is 4.57 Å². The zero-order chi connectivity index (χ0) is 10.1. The molecule has 14 heavy (non-hydrogen) atoms. The van der Waals surface area contributed by atoms with Gasteiger partial charge in [0.1, 0.15) is 0 Å². The zero-order valence-corrected chi connectivity index (χ0v) is 8.82. The second kappa shape index (κ2) is 3.30. The van der Waals surface area contributed by atoms with Crippen molar-refractivity contribution in [1.29, 1.82) is 0 Å². The third kappa shape index (κ3) is 1.33. The van der Waals surface area contributed by atoms with Crippen LogP contribution in [0.1, 0.15) is 0 Å². The van der Waals surface area contributed by atoms with Gasteiger partial charge in [0.05, 0.1) is 5.00 Å². The van der Waals surface area contributed by atoms with Crippen LogP contribution >= 0.6 is 11.3 Å². The highest BCUT2D eigenvalue weighted by atomic mass is 32.1. The van der Waals surface area contributed by atoms with Crippen LogP contribution in [0.15, 0.2) is 17.5 Å². The summed E-state index contributed by atoms with van der Waals surface area (Å²) in [6, 6.07) is 4.02. The molecule has 0 spiro atoms. The molecule has 0 radical (unpaired) electrons. The normalized spacial score (nSPS) is 10.4. The summed E-state index contributed by atoms with van der Waals surface area (Å²) in [5, 5.41) is 10.9. The SMILES string of the molecule is CN(c1cccs1)c1nnc(N)n1C. The Balaban J connectivity index is 2.36. The van der Waals surface area contributed by atoms with E-state index in [1.165, 1.54) is 0 Å². The van der Waals surface area contributed by atoms with E-state index in [9.17, 15) is 0 Å². The first-order valence-corrected chi connectivity index (χ1v) is 5.00. The van der Waals surface area contributed by atoms with Gasteiger partial charge in [0.15, 0.2) is 0 Å². The maximum absolute atomic E-state index is 5.60. The molecule has 2 aromatic heterocycles. The molecule has 6 heteroatoms. The molecule has 0 atom stereocenters. The van der Waals surface area contributed by atoms with Crippen molar-refractivity contribution in [3.8, 4) is 0 Å². The van der Waals surface area contributed by atoms with E-state index in [0.717, 1.165) is 10.9 Å². The van der Waals surface area contributed by atoms with E-state index >= 15 is 0 Å². The van der Waals surface area contributed by atoms with Gasteiger partial charge in [-0.1, -0.05) is 0 Å². The molecule has 0 saturated heterocycles. The molecule has 2 rings (SSSR count). The van der Waals surface area contributed by atoms with Crippen LogP contribution in [0.2, 0.25) is 0 Å². The van der Waals surface area contributed by atoms with Crippen LogP contribution in [0.25, 0.3) is 0 Å². The first-order valence-electron chi connectivity index (χ1n) is 4.12. The summed E-state index contributed by atoms with van der Waals surface area (Å²) < 4.78 is 1.75. The van der Waals surface area contributed by atoms with Crippen molar-refractivity contribution in [2.24, 2.45) is 7.05 Å². The molecule has 74 valence electrons. The molecular formula is C8H11N5S. The minimum absolute atomic E-state index is 0.420. The summed E-state index contributed by atoms with van der Waals surface area (Å²) in [6.45, 7) is 0. The standard InChI is InChI=1S/C8H11N5S/c1-12(6-4-3-5-14-6)8-11-10-7(9)13(8)2/h3-5H,1-2H3,(H2,9,10). The Hall–Kier alpha value is -1.56. The Morgan fingerprint density at radius 1 is 1.50 bits per heavy atom. The quantitative estimate of drug-likeness (QED) is 0.808. The highest BCUT2D eigenvalue weighted by molar-refractivity contribution is 7.14. The average molecular weight is 209 g/mol. The second-order valence-electron chi connectivity index (χ2n) is 2.93. The molecule has 0 unspecified atom stereocenters. The van der Waals surface area contributed by atoms with Gasteiger partial charge in [0.2, 0.25) is 11.9 Å². The Bertz CT molecular complexity index is 419. The predicted molar refractivity (Wildman–Crippen MR) is 57.8 cm³/mol. The van der Waals surface area contributed by atoms with Gasteiger partial charge in [-0.25, -0.2) is 0 Å². The number of rotatable bonds is 2. The molecule has 0 fully saturated rings. The number of nitrogens with zero attached hydrogens (tertiary/aromatic N) is 4. The fraction of sp³-hybridized carbons (Fsp3) is 0.250. The van der Waals surface area contributed by atoms with Gasteiger partial charge >= 0.3 is 0 Å². The lowest BCUT2D eigenvalue weighted by Crippen LogP contribution is -2.13. The molecule has 0 aromatic carbocycles. The van der Waals surface area contributed by atoms with E-state index in [1.807, 2.05) is 36.5 Å². The number of thiophene rings is 1. The van der Waals surface area contributed by atoms with E-state index in [0.29, 0.717) is 5.95 Å². The van der Waals surface area contributed by atoms with E-state index < -0.39 is 0 Å². The predicted octanol–water partition coefficient (Wildman–Crippen LogP) is 1.23. The summed E-state index contributed by atoms with van der Waals surface area (Å²) in [4.78, 5) is 1.95. The van der Waals surface area contributed by atoms with Crippen molar-refractivity contribution in [3.63, 3.8) is 0 Å². The van der Waals surface area contributed by atoms with Gasteiger partial charge in [0, 0.05) is 14.1 Å². The Morgan fingerprint density at radius 2 is 2.29 bits per heavy atom.